The Balaban J connectivity index is 2.24. The minimum atomic E-state index is -0.855. The van der Waals surface area contributed by atoms with E-state index in [1.54, 1.807) is 12.1 Å². The predicted molar refractivity (Wildman–Crippen MR) is 126 cm³/mol. The van der Waals surface area contributed by atoms with Crippen LogP contribution in [-0.2, 0) is 9.59 Å². The van der Waals surface area contributed by atoms with Gasteiger partial charge in [0.05, 0.1) is 36.4 Å². The van der Waals surface area contributed by atoms with Crippen LogP contribution in [0.15, 0.2) is 35.9 Å². The van der Waals surface area contributed by atoms with E-state index in [-0.39, 0.29) is 38.4 Å². The Labute approximate surface area is 202 Å². The van der Waals surface area contributed by atoms with Crippen molar-refractivity contribution >= 4 is 40.7 Å². The molecule has 1 aliphatic heterocycles. The maximum absolute atomic E-state index is 13.1. The van der Waals surface area contributed by atoms with Gasteiger partial charge in [0.2, 0.25) is 0 Å². The molecule has 1 aliphatic rings. The maximum atomic E-state index is 13.1. The molecule has 0 aromatic heterocycles. The largest absolute Gasteiger partial charge is 0.508 e. The number of methoxy groups -OCH3 is 2. The third kappa shape index (κ3) is 4.61. The molecule has 1 heterocycles. The second kappa shape index (κ2) is 10.4. The van der Waals surface area contributed by atoms with E-state index < -0.39 is 23.5 Å². The molecule has 0 saturated carbocycles. The fraction of sp³-hybridized carbons (Fsp3) is 0.333. The number of carbonyl (C=O) groups excluding carboxylic acids is 2. The minimum absolute atomic E-state index is 0.0207. The zero-order valence-electron chi connectivity index (χ0n) is 18.5. The highest BCUT2D eigenvalue weighted by Gasteiger charge is 2.46. The Morgan fingerprint density at radius 1 is 1.06 bits per heavy atom. The number of amides is 1. The monoisotopic (exact) mass is 493 g/mol. The lowest BCUT2D eigenvalue weighted by molar-refractivity contribution is -0.139. The summed E-state index contributed by atoms with van der Waals surface area (Å²) in [4.78, 5) is 27.5. The summed E-state index contributed by atoms with van der Waals surface area (Å²) in [6.07, 6.45) is 2.51. The van der Waals surface area contributed by atoms with Crippen molar-refractivity contribution in [2.45, 2.75) is 32.2 Å². The Morgan fingerprint density at radius 3 is 2.27 bits per heavy atom. The predicted octanol–water partition coefficient (Wildman–Crippen LogP) is 5.33. The standard InChI is InChI=1S/C24H25Cl2NO6/c1-4-5-6-11-27-19(13-7-9-14(28)10-8-13)17(21(30)24(27)31)20(29)15-12-16(25)23(33-3)18(26)22(15)32-2/h7-10,12,19,28-29H,4-6,11H2,1-3H3/b20-17+. The number of aromatic hydroxyl groups is 1. The number of aliphatic hydroxyl groups excluding tert-OH is 1. The first-order chi connectivity index (χ1) is 15.8. The molecule has 2 aromatic rings. The number of phenols is 1. The third-order valence-corrected chi connectivity index (χ3v) is 6.17. The summed E-state index contributed by atoms with van der Waals surface area (Å²) in [6.45, 7) is 2.37. The van der Waals surface area contributed by atoms with Crippen LogP contribution in [0.4, 0.5) is 0 Å². The zero-order valence-corrected chi connectivity index (χ0v) is 20.0. The molecule has 2 N–H and O–H groups in total. The van der Waals surface area contributed by atoms with Crippen LogP contribution in [0, 0.1) is 0 Å². The molecule has 0 spiro atoms. The SMILES string of the molecule is CCCCCN1C(=O)C(=O)/C(=C(/O)c2cc(Cl)c(OC)c(Cl)c2OC)C1c1ccc(O)cc1. The number of ether oxygens (including phenoxy) is 2. The van der Waals surface area contributed by atoms with Gasteiger partial charge in [0.25, 0.3) is 11.7 Å². The van der Waals surface area contributed by atoms with Crippen molar-refractivity contribution in [1.29, 1.82) is 0 Å². The van der Waals surface area contributed by atoms with Crippen molar-refractivity contribution < 1.29 is 29.3 Å². The highest BCUT2D eigenvalue weighted by molar-refractivity contribution is 6.47. The van der Waals surface area contributed by atoms with Gasteiger partial charge in [-0.3, -0.25) is 9.59 Å². The minimum Gasteiger partial charge on any atom is -0.508 e. The lowest BCUT2D eigenvalue weighted by atomic mass is 9.94. The van der Waals surface area contributed by atoms with E-state index in [4.69, 9.17) is 32.7 Å². The number of Topliss-reactive ketones (excluding diaryl/α,β-unsaturated/α-hetero) is 1. The van der Waals surface area contributed by atoms with Gasteiger partial charge in [-0.05, 0) is 30.2 Å². The molecular weight excluding hydrogens is 469 g/mol. The average Bonchev–Trinajstić information content (AvgIpc) is 3.04. The van der Waals surface area contributed by atoms with E-state index in [2.05, 4.69) is 0 Å². The number of rotatable bonds is 8. The van der Waals surface area contributed by atoms with Crippen LogP contribution in [0.2, 0.25) is 10.0 Å². The van der Waals surface area contributed by atoms with Gasteiger partial charge in [-0.15, -0.1) is 0 Å². The number of hydrogen-bond donors (Lipinski definition) is 2. The fourth-order valence-electron chi connectivity index (χ4n) is 3.94. The molecule has 1 atom stereocenters. The second-order valence-electron chi connectivity index (χ2n) is 7.58. The van der Waals surface area contributed by atoms with Gasteiger partial charge in [-0.2, -0.15) is 0 Å². The van der Waals surface area contributed by atoms with E-state index in [0.29, 0.717) is 18.5 Å². The Bertz CT molecular complexity index is 1100. The first-order valence-electron chi connectivity index (χ1n) is 10.4. The number of carbonyl (C=O) groups is 2. The van der Waals surface area contributed by atoms with Gasteiger partial charge < -0.3 is 24.6 Å². The van der Waals surface area contributed by atoms with Gasteiger partial charge in [0.1, 0.15) is 16.5 Å². The van der Waals surface area contributed by atoms with Gasteiger partial charge in [0, 0.05) is 6.54 Å². The van der Waals surface area contributed by atoms with Crippen molar-refractivity contribution in [2.24, 2.45) is 0 Å². The molecule has 1 fully saturated rings. The lowest BCUT2D eigenvalue weighted by Gasteiger charge is -2.25. The van der Waals surface area contributed by atoms with Crippen molar-refractivity contribution in [3.05, 3.63) is 57.1 Å². The summed E-state index contributed by atoms with van der Waals surface area (Å²) in [7, 11) is 2.74. The number of aliphatic hydroxyl groups is 1. The number of likely N-dealkylation sites (tertiary alicyclic amines) is 1. The van der Waals surface area contributed by atoms with E-state index in [1.807, 2.05) is 6.92 Å². The lowest BCUT2D eigenvalue weighted by Crippen LogP contribution is -2.30. The topological polar surface area (TPSA) is 96.3 Å². The van der Waals surface area contributed by atoms with Gasteiger partial charge in [-0.25, -0.2) is 0 Å². The van der Waals surface area contributed by atoms with E-state index in [1.165, 1.54) is 37.3 Å². The van der Waals surface area contributed by atoms with Gasteiger partial charge in [-0.1, -0.05) is 55.1 Å². The van der Waals surface area contributed by atoms with Crippen molar-refractivity contribution in [2.75, 3.05) is 20.8 Å². The molecule has 2 aromatic carbocycles. The fourth-order valence-corrected chi connectivity index (χ4v) is 4.62. The summed E-state index contributed by atoms with van der Waals surface area (Å²) < 4.78 is 10.6. The van der Waals surface area contributed by atoms with Crippen molar-refractivity contribution in [1.82, 2.24) is 4.90 Å². The first kappa shape index (κ1) is 24.7. The maximum Gasteiger partial charge on any atom is 0.295 e. The average molecular weight is 494 g/mol. The highest BCUT2D eigenvalue weighted by atomic mass is 35.5. The van der Waals surface area contributed by atoms with Crippen LogP contribution < -0.4 is 9.47 Å². The van der Waals surface area contributed by atoms with E-state index in [9.17, 15) is 19.8 Å². The molecule has 176 valence electrons. The first-order valence-corrected chi connectivity index (χ1v) is 11.2. The zero-order chi connectivity index (χ0) is 24.3. The van der Waals surface area contributed by atoms with E-state index in [0.717, 1.165) is 12.8 Å². The summed E-state index contributed by atoms with van der Waals surface area (Å²) in [5.41, 5.74) is 0.510. The van der Waals surface area contributed by atoms with Crippen LogP contribution in [0.3, 0.4) is 0 Å². The van der Waals surface area contributed by atoms with Crippen LogP contribution in [-0.4, -0.2) is 47.6 Å². The van der Waals surface area contributed by atoms with Gasteiger partial charge >= 0.3 is 0 Å². The molecule has 1 unspecified atom stereocenters. The van der Waals surface area contributed by atoms with Gasteiger partial charge in [0.15, 0.2) is 11.5 Å². The molecule has 9 heteroatoms. The molecule has 0 aliphatic carbocycles. The molecule has 0 bridgehead atoms. The Kier molecular flexibility index (Phi) is 7.76. The number of unbranched alkanes of at least 4 members (excludes halogenated alkanes) is 2. The summed E-state index contributed by atoms with van der Waals surface area (Å²) in [5.74, 6) is -1.76. The Morgan fingerprint density at radius 2 is 1.70 bits per heavy atom. The molecule has 1 amide bonds. The molecule has 33 heavy (non-hydrogen) atoms. The smallest absolute Gasteiger partial charge is 0.295 e. The summed E-state index contributed by atoms with van der Waals surface area (Å²) >= 11 is 12.6. The highest BCUT2D eigenvalue weighted by Crippen LogP contribution is 2.47. The molecule has 3 rings (SSSR count). The molecular formula is C24H25Cl2NO6. The number of benzene rings is 2. The number of hydrogen-bond acceptors (Lipinski definition) is 6. The van der Waals surface area contributed by atoms with Crippen LogP contribution >= 0.6 is 23.2 Å². The van der Waals surface area contributed by atoms with E-state index >= 15 is 0 Å². The summed E-state index contributed by atoms with van der Waals surface area (Å²) in [6, 6.07) is 6.66. The molecule has 7 nitrogen and oxygen atoms in total. The number of phenolic OH excluding ortho intramolecular Hbond substituents is 1. The van der Waals surface area contributed by atoms with Crippen molar-refractivity contribution in [3.8, 4) is 17.2 Å². The normalized spacial score (nSPS) is 17.5. The molecule has 1 saturated heterocycles. The van der Waals surface area contributed by atoms with Crippen LogP contribution in [0.5, 0.6) is 17.2 Å². The quantitative estimate of drug-likeness (QED) is 0.223. The summed E-state index contributed by atoms with van der Waals surface area (Å²) in [5, 5.41) is 21.1. The second-order valence-corrected chi connectivity index (χ2v) is 8.36. The van der Waals surface area contributed by atoms with Crippen LogP contribution in [0.25, 0.3) is 5.76 Å². The number of ketones is 1. The number of nitrogens with zero attached hydrogens (tertiary/aromatic N) is 1. The molecule has 0 radical (unpaired) electrons. The van der Waals surface area contributed by atoms with Crippen LogP contribution in [0.1, 0.15) is 43.4 Å². The third-order valence-electron chi connectivity index (χ3n) is 5.55. The van der Waals surface area contributed by atoms with Crippen molar-refractivity contribution in [3.63, 3.8) is 0 Å². The number of halogens is 2. The Hall–Kier alpha value is -2.90.